The van der Waals surface area contributed by atoms with Crippen molar-refractivity contribution in [3.05, 3.63) is 60.0 Å². The first-order valence-electron chi connectivity index (χ1n) is 6.89. The maximum atomic E-state index is 13.0. The molecule has 3 rings (SSSR count). The average molecular weight is 353 g/mol. The molecule has 0 fully saturated rings. The van der Waals surface area contributed by atoms with Crippen molar-refractivity contribution in [1.82, 2.24) is 9.89 Å². The first-order valence-corrected chi connectivity index (χ1v) is 8.38. The lowest BCUT2D eigenvalue weighted by Gasteiger charge is -2.10. The van der Waals surface area contributed by atoms with Gasteiger partial charge in [0.05, 0.1) is 4.90 Å². The van der Waals surface area contributed by atoms with E-state index in [9.17, 15) is 17.2 Å². The molecule has 0 bridgehead atoms. The highest BCUT2D eigenvalue weighted by molar-refractivity contribution is 7.92. The van der Waals surface area contributed by atoms with Gasteiger partial charge >= 0.3 is 0 Å². The molecule has 0 unspecified atom stereocenters. The van der Waals surface area contributed by atoms with Crippen molar-refractivity contribution in [2.24, 2.45) is 0 Å². The highest BCUT2D eigenvalue weighted by atomic mass is 32.2. The number of sulfonamides is 1. The molecule has 0 aliphatic heterocycles. The lowest BCUT2D eigenvalue weighted by Crippen LogP contribution is -2.25. The topological polar surface area (TPSA) is 77.1 Å². The van der Waals surface area contributed by atoms with Crippen LogP contribution in [0.5, 0.6) is 0 Å². The first kappa shape index (κ1) is 16.2. The minimum absolute atomic E-state index is 0.0133. The van der Waals surface area contributed by atoms with Crippen molar-refractivity contribution in [3.8, 4) is 11.5 Å². The molecular formula is C15H13F2N3O3S. The Hall–Kier alpha value is -2.68. The van der Waals surface area contributed by atoms with Gasteiger partial charge in [-0.05, 0) is 37.3 Å². The van der Waals surface area contributed by atoms with Gasteiger partial charge in [-0.2, -0.15) is 23.1 Å². The normalized spacial score (nSPS) is 11.8. The third-order valence-corrected chi connectivity index (χ3v) is 4.51. The summed E-state index contributed by atoms with van der Waals surface area (Å²) in [4.78, 5) is 2.94. The van der Waals surface area contributed by atoms with E-state index in [4.69, 9.17) is 4.42 Å². The summed E-state index contributed by atoms with van der Waals surface area (Å²) in [5.74, 6) is 0.782. The van der Waals surface area contributed by atoms with Crippen molar-refractivity contribution in [1.29, 1.82) is 0 Å². The predicted octanol–water partition coefficient (Wildman–Crippen LogP) is 3.32. The highest BCUT2D eigenvalue weighted by Crippen LogP contribution is 2.27. The van der Waals surface area contributed by atoms with Crippen LogP contribution in [0.2, 0.25) is 0 Å². The predicted molar refractivity (Wildman–Crippen MR) is 82.6 cm³/mol. The van der Waals surface area contributed by atoms with Crippen LogP contribution < -0.4 is 4.83 Å². The van der Waals surface area contributed by atoms with Crippen LogP contribution in [-0.4, -0.2) is 18.3 Å². The molecule has 1 aromatic carbocycles. The summed E-state index contributed by atoms with van der Waals surface area (Å²) in [7, 11) is -3.99. The zero-order chi connectivity index (χ0) is 17.3. The number of rotatable bonds is 5. The summed E-state index contributed by atoms with van der Waals surface area (Å²) < 4.78 is 56.0. The van der Waals surface area contributed by atoms with Gasteiger partial charge in [-0.1, -0.05) is 18.2 Å². The van der Waals surface area contributed by atoms with Crippen LogP contribution >= 0.6 is 0 Å². The van der Waals surface area contributed by atoms with Crippen molar-refractivity contribution in [2.45, 2.75) is 18.2 Å². The lowest BCUT2D eigenvalue weighted by atomic mass is 10.3. The van der Waals surface area contributed by atoms with E-state index in [1.54, 1.807) is 37.3 Å². The lowest BCUT2D eigenvalue weighted by molar-refractivity contribution is 0.145. The second-order valence-corrected chi connectivity index (χ2v) is 6.65. The fourth-order valence-electron chi connectivity index (χ4n) is 2.09. The molecule has 6 nitrogen and oxygen atoms in total. The summed E-state index contributed by atoms with van der Waals surface area (Å²) in [6, 6.07) is 11.8. The summed E-state index contributed by atoms with van der Waals surface area (Å²) in [6.45, 7) is 1.69. The van der Waals surface area contributed by atoms with Gasteiger partial charge in [0.1, 0.15) is 17.1 Å². The van der Waals surface area contributed by atoms with E-state index in [0.29, 0.717) is 5.76 Å². The highest BCUT2D eigenvalue weighted by Gasteiger charge is 2.22. The number of benzene rings is 1. The standard InChI is InChI=1S/C15H13F2N3O3S/c1-10-7-8-14(23-10)13-9-12(15(16)17)18-20(13)19-24(21,22)11-5-3-2-4-6-11/h2-9,15,19H,1H3. The number of nitrogens with one attached hydrogen (secondary N) is 1. The fourth-order valence-corrected chi connectivity index (χ4v) is 3.08. The largest absolute Gasteiger partial charge is 0.460 e. The molecular weight excluding hydrogens is 340 g/mol. The second-order valence-electron chi connectivity index (χ2n) is 4.99. The number of alkyl halides is 2. The Morgan fingerprint density at radius 2 is 1.88 bits per heavy atom. The Kier molecular flexibility index (Phi) is 4.10. The van der Waals surface area contributed by atoms with E-state index >= 15 is 0 Å². The Bertz CT molecular complexity index is 950. The van der Waals surface area contributed by atoms with E-state index in [1.807, 2.05) is 0 Å². The van der Waals surface area contributed by atoms with Crippen LogP contribution in [0.4, 0.5) is 8.78 Å². The molecule has 2 aromatic heterocycles. The van der Waals surface area contributed by atoms with Crippen molar-refractivity contribution >= 4 is 10.0 Å². The van der Waals surface area contributed by atoms with E-state index in [0.717, 1.165) is 10.9 Å². The van der Waals surface area contributed by atoms with Crippen LogP contribution in [0, 0.1) is 6.92 Å². The van der Waals surface area contributed by atoms with Crippen molar-refractivity contribution in [2.75, 3.05) is 4.83 Å². The summed E-state index contributed by atoms with van der Waals surface area (Å²) >= 11 is 0. The van der Waals surface area contributed by atoms with Gasteiger partial charge in [-0.15, -0.1) is 0 Å². The van der Waals surface area contributed by atoms with Gasteiger partial charge < -0.3 is 4.42 Å². The Morgan fingerprint density at radius 1 is 1.17 bits per heavy atom. The fraction of sp³-hybridized carbons (Fsp3) is 0.133. The third kappa shape index (κ3) is 3.16. The van der Waals surface area contributed by atoms with E-state index < -0.39 is 22.1 Å². The molecule has 0 aliphatic carbocycles. The molecule has 0 aliphatic rings. The first-order chi connectivity index (χ1) is 11.4. The Morgan fingerprint density at radius 3 is 2.46 bits per heavy atom. The zero-order valence-electron chi connectivity index (χ0n) is 12.5. The summed E-state index contributed by atoms with van der Waals surface area (Å²) in [5.41, 5.74) is -0.479. The monoisotopic (exact) mass is 353 g/mol. The van der Waals surface area contributed by atoms with Crippen molar-refractivity contribution < 1.29 is 21.6 Å². The van der Waals surface area contributed by atoms with Gasteiger partial charge in [0.25, 0.3) is 16.4 Å². The van der Waals surface area contributed by atoms with Gasteiger partial charge in [0.15, 0.2) is 5.76 Å². The number of aromatic nitrogens is 2. The SMILES string of the molecule is Cc1ccc(-c2cc(C(F)F)nn2NS(=O)(=O)c2ccccc2)o1. The van der Waals surface area contributed by atoms with Crippen LogP contribution in [-0.2, 0) is 10.0 Å². The molecule has 2 heterocycles. The number of halogens is 2. The number of nitrogens with zero attached hydrogens (tertiary/aromatic N) is 2. The number of hydrogen-bond acceptors (Lipinski definition) is 4. The van der Waals surface area contributed by atoms with Crippen LogP contribution in [0.1, 0.15) is 17.9 Å². The summed E-state index contributed by atoms with van der Waals surface area (Å²) in [5, 5.41) is 3.62. The molecule has 24 heavy (non-hydrogen) atoms. The Labute approximate surface area is 136 Å². The van der Waals surface area contributed by atoms with Gasteiger partial charge in [-0.25, -0.2) is 8.78 Å². The molecule has 0 spiro atoms. The average Bonchev–Trinajstić information content (AvgIpc) is 3.14. The van der Waals surface area contributed by atoms with Gasteiger partial charge in [-0.3, -0.25) is 0 Å². The maximum absolute atomic E-state index is 13.0. The quantitative estimate of drug-likeness (QED) is 0.763. The molecule has 3 aromatic rings. The van der Waals surface area contributed by atoms with Crippen LogP contribution in [0.15, 0.2) is 57.8 Å². The second kappa shape index (κ2) is 6.08. The van der Waals surface area contributed by atoms with E-state index in [-0.39, 0.29) is 16.3 Å². The van der Waals surface area contributed by atoms with Gasteiger partial charge in [0.2, 0.25) is 0 Å². The molecule has 0 radical (unpaired) electrons. The van der Waals surface area contributed by atoms with Gasteiger partial charge in [0, 0.05) is 0 Å². The van der Waals surface area contributed by atoms with Crippen LogP contribution in [0.3, 0.4) is 0 Å². The van der Waals surface area contributed by atoms with Crippen molar-refractivity contribution in [3.63, 3.8) is 0 Å². The molecule has 1 N–H and O–H groups in total. The molecule has 0 saturated carbocycles. The van der Waals surface area contributed by atoms with E-state index in [1.165, 1.54) is 12.1 Å². The molecule has 0 amide bonds. The molecule has 9 heteroatoms. The molecule has 0 atom stereocenters. The minimum Gasteiger partial charge on any atom is -0.460 e. The maximum Gasteiger partial charge on any atom is 0.282 e. The number of aryl methyl sites for hydroxylation is 1. The zero-order valence-corrected chi connectivity index (χ0v) is 13.3. The van der Waals surface area contributed by atoms with Crippen LogP contribution in [0.25, 0.3) is 11.5 Å². The third-order valence-electron chi connectivity index (χ3n) is 3.20. The number of furan rings is 1. The number of hydrogen-bond donors (Lipinski definition) is 1. The minimum atomic E-state index is -3.99. The smallest absolute Gasteiger partial charge is 0.282 e. The summed E-state index contributed by atoms with van der Waals surface area (Å²) in [6.07, 6.45) is -2.85. The Balaban J connectivity index is 2.04. The molecule has 0 saturated heterocycles. The van der Waals surface area contributed by atoms with E-state index in [2.05, 4.69) is 9.93 Å². The molecule has 126 valence electrons.